The summed E-state index contributed by atoms with van der Waals surface area (Å²) in [5, 5.41) is 2.98. The third kappa shape index (κ3) is 4.53. The van der Waals surface area contributed by atoms with Gasteiger partial charge in [-0.25, -0.2) is 4.39 Å². The highest BCUT2D eigenvalue weighted by atomic mass is 19.1. The van der Waals surface area contributed by atoms with Crippen molar-refractivity contribution < 1.29 is 18.8 Å². The fourth-order valence-corrected chi connectivity index (χ4v) is 2.40. The number of carbonyl (C=O) groups is 1. The van der Waals surface area contributed by atoms with Gasteiger partial charge in [-0.3, -0.25) is 4.79 Å². The Morgan fingerprint density at radius 2 is 1.91 bits per heavy atom. The summed E-state index contributed by atoms with van der Waals surface area (Å²) >= 11 is 0. The molecule has 122 valence electrons. The van der Waals surface area contributed by atoms with Crippen molar-refractivity contribution in [2.75, 3.05) is 27.7 Å². The number of rotatable bonds is 6. The molecule has 2 rings (SSSR count). The van der Waals surface area contributed by atoms with Crippen molar-refractivity contribution in [3.63, 3.8) is 0 Å². The lowest BCUT2D eigenvalue weighted by molar-refractivity contribution is -0.860. The van der Waals surface area contributed by atoms with Gasteiger partial charge in [0.05, 0.1) is 21.2 Å². The maximum atomic E-state index is 13.8. The van der Waals surface area contributed by atoms with E-state index >= 15 is 0 Å². The molecule has 0 bridgehead atoms. The van der Waals surface area contributed by atoms with E-state index in [9.17, 15) is 9.18 Å². The molecule has 0 aliphatic heterocycles. The van der Waals surface area contributed by atoms with Crippen LogP contribution in [0.15, 0.2) is 48.5 Å². The Hall–Kier alpha value is -2.40. The zero-order valence-corrected chi connectivity index (χ0v) is 13.6. The van der Waals surface area contributed by atoms with Crippen LogP contribution in [0.5, 0.6) is 5.75 Å². The zero-order valence-electron chi connectivity index (χ0n) is 13.6. The van der Waals surface area contributed by atoms with E-state index in [1.165, 1.54) is 24.1 Å². The number of carbonyl (C=O) groups excluding carboxylic acids is 1. The molecule has 0 saturated carbocycles. The van der Waals surface area contributed by atoms with Gasteiger partial charge in [-0.2, -0.15) is 0 Å². The normalized spacial score (nSPS) is 12.0. The molecular weight excluding hydrogens is 295 g/mol. The van der Waals surface area contributed by atoms with E-state index in [1.807, 2.05) is 44.4 Å². The highest BCUT2D eigenvalue weighted by Crippen LogP contribution is 2.18. The van der Waals surface area contributed by atoms with Gasteiger partial charge in [0, 0.05) is 5.56 Å². The maximum absolute atomic E-state index is 13.8. The van der Waals surface area contributed by atoms with Gasteiger partial charge >= 0.3 is 0 Å². The quantitative estimate of drug-likeness (QED) is 0.847. The number of hydrogen-bond acceptors (Lipinski definition) is 2. The van der Waals surface area contributed by atoms with Crippen LogP contribution in [0.1, 0.15) is 22.0 Å². The maximum Gasteiger partial charge on any atom is 0.252 e. The first kappa shape index (κ1) is 17.0. The third-order valence-corrected chi connectivity index (χ3v) is 3.53. The van der Waals surface area contributed by atoms with Crippen molar-refractivity contribution in [1.82, 2.24) is 5.32 Å². The van der Waals surface area contributed by atoms with Gasteiger partial charge < -0.3 is 15.0 Å². The van der Waals surface area contributed by atoms with Gasteiger partial charge in [-0.05, 0) is 23.8 Å². The second kappa shape index (κ2) is 7.74. The van der Waals surface area contributed by atoms with Crippen LogP contribution in [0.3, 0.4) is 0 Å². The Labute approximate surface area is 135 Å². The lowest BCUT2D eigenvalue weighted by Crippen LogP contribution is -3.06. The number of amides is 1. The van der Waals surface area contributed by atoms with E-state index in [4.69, 9.17) is 4.74 Å². The summed E-state index contributed by atoms with van der Waals surface area (Å²) in [5.41, 5.74) is 1.30. The van der Waals surface area contributed by atoms with Gasteiger partial charge in [-0.1, -0.05) is 30.3 Å². The molecule has 0 radical (unpaired) electrons. The molecule has 0 aliphatic rings. The van der Waals surface area contributed by atoms with Crippen molar-refractivity contribution >= 4 is 5.91 Å². The Morgan fingerprint density at radius 3 is 2.48 bits per heavy atom. The summed E-state index contributed by atoms with van der Waals surface area (Å²) in [7, 11) is 5.44. The molecule has 0 fully saturated rings. The molecule has 0 aliphatic carbocycles. The van der Waals surface area contributed by atoms with Crippen LogP contribution in [0.2, 0.25) is 0 Å². The first-order valence-corrected chi connectivity index (χ1v) is 7.49. The summed E-state index contributed by atoms with van der Waals surface area (Å²) in [5.74, 6) is -0.727. The van der Waals surface area contributed by atoms with Crippen LogP contribution in [0, 0.1) is 5.82 Å². The summed E-state index contributed by atoms with van der Waals surface area (Å²) in [4.78, 5) is 13.6. The molecule has 4 nitrogen and oxygen atoms in total. The standard InChI is InChI=1S/C18H21FN2O2/c1-21(2)12-16(13-7-5-4-6-8-13)20-18(22)14-9-10-17(23-3)15(19)11-14/h4-11,16H,12H2,1-3H3,(H,20,22)/p+1/t16-/m0/s1. The average Bonchev–Trinajstić information content (AvgIpc) is 2.54. The van der Waals surface area contributed by atoms with Crippen LogP contribution in [-0.4, -0.2) is 33.7 Å². The predicted octanol–water partition coefficient (Wildman–Crippen LogP) is 1.45. The summed E-state index contributed by atoms with van der Waals surface area (Å²) in [6.07, 6.45) is 0. The molecule has 1 atom stereocenters. The minimum atomic E-state index is -0.547. The van der Waals surface area contributed by atoms with Crippen LogP contribution < -0.4 is 15.0 Å². The number of quaternary nitrogens is 1. The van der Waals surface area contributed by atoms with E-state index in [0.717, 1.165) is 12.1 Å². The van der Waals surface area contributed by atoms with Gasteiger partial charge in [0.2, 0.25) is 0 Å². The first-order chi connectivity index (χ1) is 11.0. The Balaban J connectivity index is 2.19. The molecule has 2 N–H and O–H groups in total. The minimum Gasteiger partial charge on any atom is -0.494 e. The number of ether oxygens (including phenoxy) is 1. The molecule has 2 aromatic carbocycles. The van der Waals surface area contributed by atoms with Crippen LogP contribution in [0.25, 0.3) is 0 Å². The summed E-state index contributed by atoms with van der Waals surface area (Å²) in [6.45, 7) is 0.731. The number of nitrogens with one attached hydrogen (secondary N) is 2. The third-order valence-electron chi connectivity index (χ3n) is 3.53. The molecule has 0 saturated heterocycles. The van der Waals surface area contributed by atoms with Crippen molar-refractivity contribution in [3.8, 4) is 5.75 Å². The molecule has 0 heterocycles. The number of methoxy groups -OCH3 is 1. The molecular formula is C18H22FN2O2+. The number of likely N-dealkylation sites (N-methyl/N-ethyl adjacent to an activating group) is 1. The molecule has 5 heteroatoms. The van der Waals surface area contributed by atoms with E-state index in [1.54, 1.807) is 6.07 Å². The summed E-state index contributed by atoms with van der Waals surface area (Å²) < 4.78 is 18.6. The van der Waals surface area contributed by atoms with Crippen LogP contribution in [-0.2, 0) is 0 Å². The first-order valence-electron chi connectivity index (χ1n) is 7.49. The van der Waals surface area contributed by atoms with E-state index in [-0.39, 0.29) is 23.3 Å². The van der Waals surface area contributed by atoms with Gasteiger partial charge in [0.25, 0.3) is 5.91 Å². The second-order valence-corrected chi connectivity index (χ2v) is 5.70. The van der Waals surface area contributed by atoms with Crippen molar-refractivity contribution in [2.24, 2.45) is 0 Å². The topological polar surface area (TPSA) is 42.8 Å². The minimum absolute atomic E-state index is 0.124. The Kier molecular flexibility index (Phi) is 5.71. The second-order valence-electron chi connectivity index (χ2n) is 5.70. The van der Waals surface area contributed by atoms with Gasteiger partial charge in [0.15, 0.2) is 11.6 Å². The highest BCUT2D eigenvalue weighted by Gasteiger charge is 2.19. The van der Waals surface area contributed by atoms with E-state index in [2.05, 4.69) is 5.32 Å². The van der Waals surface area contributed by atoms with Crippen molar-refractivity contribution in [1.29, 1.82) is 0 Å². The SMILES string of the molecule is COc1ccc(C(=O)N[C@@H](C[NH+](C)C)c2ccccc2)cc1F. The fraction of sp³-hybridized carbons (Fsp3) is 0.278. The van der Waals surface area contributed by atoms with E-state index in [0.29, 0.717) is 0 Å². The van der Waals surface area contributed by atoms with Gasteiger partial charge in [0.1, 0.15) is 12.6 Å². The van der Waals surface area contributed by atoms with Crippen molar-refractivity contribution in [3.05, 3.63) is 65.5 Å². The fourth-order valence-electron chi connectivity index (χ4n) is 2.40. The smallest absolute Gasteiger partial charge is 0.252 e. The Morgan fingerprint density at radius 1 is 1.22 bits per heavy atom. The van der Waals surface area contributed by atoms with Crippen molar-refractivity contribution in [2.45, 2.75) is 6.04 Å². The molecule has 0 aromatic heterocycles. The lowest BCUT2D eigenvalue weighted by atomic mass is 10.1. The predicted molar refractivity (Wildman–Crippen MR) is 87.3 cm³/mol. The largest absolute Gasteiger partial charge is 0.494 e. The number of benzene rings is 2. The molecule has 0 spiro atoms. The van der Waals surface area contributed by atoms with E-state index < -0.39 is 5.82 Å². The van der Waals surface area contributed by atoms with Crippen LogP contribution in [0.4, 0.5) is 4.39 Å². The average molecular weight is 317 g/mol. The van der Waals surface area contributed by atoms with Gasteiger partial charge in [-0.15, -0.1) is 0 Å². The molecule has 2 aromatic rings. The highest BCUT2D eigenvalue weighted by molar-refractivity contribution is 5.94. The molecule has 23 heavy (non-hydrogen) atoms. The number of halogens is 1. The summed E-state index contributed by atoms with van der Waals surface area (Å²) in [6, 6.07) is 13.8. The lowest BCUT2D eigenvalue weighted by Gasteiger charge is -2.21. The van der Waals surface area contributed by atoms with Crippen LogP contribution >= 0.6 is 0 Å². The Bertz CT molecular complexity index is 659. The molecule has 0 unspecified atom stereocenters. The molecule has 1 amide bonds. The zero-order chi connectivity index (χ0) is 16.8. The number of hydrogen-bond donors (Lipinski definition) is 2. The monoisotopic (exact) mass is 317 g/mol.